The maximum Gasteiger partial charge on any atom is 0.222 e. The van der Waals surface area contributed by atoms with Gasteiger partial charge in [-0.05, 0) is 43.9 Å². The number of aliphatic hydroxyl groups is 1. The van der Waals surface area contributed by atoms with E-state index in [1.165, 1.54) is 18.3 Å². The second-order valence-electron chi connectivity index (χ2n) is 5.84. The van der Waals surface area contributed by atoms with E-state index in [1.807, 2.05) is 0 Å². The highest BCUT2D eigenvalue weighted by atomic mass is 35.5. The van der Waals surface area contributed by atoms with Crippen LogP contribution in [0.15, 0.2) is 24.4 Å². The van der Waals surface area contributed by atoms with Gasteiger partial charge < -0.3 is 20.9 Å². The second-order valence-corrected chi connectivity index (χ2v) is 6.27. The zero-order valence-electron chi connectivity index (χ0n) is 12.9. The zero-order valence-corrected chi connectivity index (χ0v) is 13.7. The molecule has 1 aliphatic rings. The van der Waals surface area contributed by atoms with Crippen molar-refractivity contribution < 1.29 is 14.2 Å². The normalized spacial score (nSPS) is 16.6. The zero-order chi connectivity index (χ0) is 17.2. The van der Waals surface area contributed by atoms with Crippen molar-refractivity contribution in [3.63, 3.8) is 0 Å². The molecule has 0 aliphatic heterocycles. The monoisotopic (exact) mass is 352 g/mol. The molecule has 0 atom stereocenters. The van der Waals surface area contributed by atoms with Crippen molar-refractivity contribution in [3.05, 3.63) is 35.2 Å². The summed E-state index contributed by atoms with van der Waals surface area (Å²) in [4.78, 5) is 7.95. The topological polar surface area (TPSA) is 93.3 Å². The van der Waals surface area contributed by atoms with Crippen molar-refractivity contribution in [3.8, 4) is 11.5 Å². The number of anilines is 2. The fourth-order valence-corrected chi connectivity index (χ4v) is 2.87. The van der Waals surface area contributed by atoms with Crippen LogP contribution in [0.2, 0.25) is 5.02 Å². The fourth-order valence-electron chi connectivity index (χ4n) is 2.71. The predicted octanol–water partition coefficient (Wildman–Crippen LogP) is 3.71. The minimum atomic E-state index is -1.09. The number of benzene rings is 1. The van der Waals surface area contributed by atoms with E-state index in [9.17, 15) is 9.50 Å². The summed E-state index contributed by atoms with van der Waals surface area (Å²) < 4.78 is 19.5. The molecule has 3 rings (SSSR count). The summed E-state index contributed by atoms with van der Waals surface area (Å²) in [6, 6.07) is 4.07. The van der Waals surface area contributed by atoms with Gasteiger partial charge in [-0.1, -0.05) is 18.0 Å². The van der Waals surface area contributed by atoms with Crippen molar-refractivity contribution in [2.45, 2.75) is 37.8 Å². The molecule has 1 aliphatic carbocycles. The van der Waals surface area contributed by atoms with E-state index in [2.05, 4.69) is 15.3 Å². The first-order valence-corrected chi connectivity index (χ1v) is 8.09. The van der Waals surface area contributed by atoms with Gasteiger partial charge in [-0.25, -0.2) is 9.37 Å². The molecule has 0 bridgehead atoms. The van der Waals surface area contributed by atoms with Crippen molar-refractivity contribution in [2.24, 2.45) is 0 Å². The molecule has 128 valence electrons. The van der Waals surface area contributed by atoms with Gasteiger partial charge in [0.15, 0.2) is 23.1 Å². The third kappa shape index (κ3) is 3.85. The third-order valence-corrected chi connectivity index (χ3v) is 4.15. The first-order chi connectivity index (χ1) is 11.5. The van der Waals surface area contributed by atoms with Crippen LogP contribution in [0.3, 0.4) is 0 Å². The Labute approximate surface area is 143 Å². The smallest absolute Gasteiger partial charge is 0.222 e. The Bertz CT molecular complexity index is 738. The Morgan fingerprint density at radius 1 is 1.25 bits per heavy atom. The molecule has 24 heavy (non-hydrogen) atoms. The van der Waals surface area contributed by atoms with Crippen LogP contribution < -0.4 is 15.8 Å². The number of aromatic nitrogens is 2. The summed E-state index contributed by atoms with van der Waals surface area (Å²) in [5, 5.41) is 13.9. The highest BCUT2D eigenvalue weighted by molar-refractivity contribution is 6.30. The Kier molecular flexibility index (Phi) is 4.73. The number of ether oxygens (including phenoxy) is 1. The average Bonchev–Trinajstić information content (AvgIpc) is 2.52. The molecule has 0 unspecified atom stereocenters. The molecular formula is C16H18ClFN4O2. The second kappa shape index (κ2) is 6.78. The number of halogens is 2. The van der Waals surface area contributed by atoms with E-state index in [0.717, 1.165) is 25.3 Å². The van der Waals surface area contributed by atoms with Crippen LogP contribution in [0.1, 0.15) is 32.1 Å². The third-order valence-electron chi connectivity index (χ3n) is 3.92. The van der Waals surface area contributed by atoms with E-state index < -0.39 is 11.5 Å². The maximum atomic E-state index is 13.9. The van der Waals surface area contributed by atoms with Gasteiger partial charge in [-0.3, -0.25) is 0 Å². The van der Waals surface area contributed by atoms with Gasteiger partial charge in [-0.15, -0.1) is 0 Å². The first-order valence-electron chi connectivity index (χ1n) is 7.71. The van der Waals surface area contributed by atoms with Gasteiger partial charge in [-0.2, -0.15) is 4.98 Å². The van der Waals surface area contributed by atoms with E-state index >= 15 is 0 Å². The van der Waals surface area contributed by atoms with Gasteiger partial charge in [0.1, 0.15) is 5.72 Å². The van der Waals surface area contributed by atoms with Gasteiger partial charge in [0.2, 0.25) is 5.95 Å². The molecule has 6 nitrogen and oxygen atoms in total. The van der Waals surface area contributed by atoms with E-state index in [-0.39, 0.29) is 28.3 Å². The summed E-state index contributed by atoms with van der Waals surface area (Å²) >= 11 is 5.74. The minimum Gasteiger partial charge on any atom is -0.449 e. The highest BCUT2D eigenvalue weighted by Gasteiger charge is 2.30. The quantitative estimate of drug-likeness (QED) is 0.726. The lowest BCUT2D eigenvalue weighted by Crippen LogP contribution is -2.40. The van der Waals surface area contributed by atoms with Crippen molar-refractivity contribution in [1.29, 1.82) is 0 Å². The molecule has 4 N–H and O–H groups in total. The van der Waals surface area contributed by atoms with Crippen LogP contribution >= 0.6 is 11.6 Å². The first kappa shape index (κ1) is 16.7. The minimum absolute atomic E-state index is 0.0218. The van der Waals surface area contributed by atoms with Crippen LogP contribution in [-0.4, -0.2) is 20.8 Å². The molecule has 2 aromatic rings. The summed E-state index contributed by atoms with van der Waals surface area (Å²) in [5.41, 5.74) is 4.54. The SMILES string of the molecule is Nc1ncc(Oc2ccc(Cl)cc2F)c(NC2(O)CCCCC2)n1. The summed E-state index contributed by atoms with van der Waals surface area (Å²) in [7, 11) is 0. The van der Waals surface area contributed by atoms with E-state index in [4.69, 9.17) is 22.1 Å². The molecule has 1 heterocycles. The summed E-state index contributed by atoms with van der Waals surface area (Å²) in [5.74, 6) is -0.209. The van der Waals surface area contributed by atoms with Gasteiger partial charge >= 0.3 is 0 Å². The van der Waals surface area contributed by atoms with E-state index in [1.54, 1.807) is 0 Å². The molecule has 1 saturated carbocycles. The van der Waals surface area contributed by atoms with Crippen LogP contribution in [0, 0.1) is 5.82 Å². The van der Waals surface area contributed by atoms with Crippen LogP contribution in [0.5, 0.6) is 11.5 Å². The number of nitrogens with zero attached hydrogens (tertiary/aromatic N) is 2. The number of nitrogens with one attached hydrogen (secondary N) is 1. The summed E-state index contributed by atoms with van der Waals surface area (Å²) in [6.07, 6.45) is 5.41. The van der Waals surface area contributed by atoms with Crippen molar-refractivity contribution in [2.75, 3.05) is 11.1 Å². The lowest BCUT2D eigenvalue weighted by atomic mass is 9.92. The Balaban J connectivity index is 1.87. The molecule has 0 radical (unpaired) electrons. The summed E-state index contributed by atoms with van der Waals surface area (Å²) in [6.45, 7) is 0. The predicted molar refractivity (Wildman–Crippen MR) is 89.6 cm³/mol. The van der Waals surface area contributed by atoms with Gasteiger partial charge in [0.25, 0.3) is 0 Å². The molecular weight excluding hydrogens is 335 g/mol. The number of nitrogens with two attached hydrogens (primary N) is 1. The largest absolute Gasteiger partial charge is 0.449 e. The van der Waals surface area contributed by atoms with Crippen LogP contribution in [0.4, 0.5) is 16.2 Å². The molecule has 1 fully saturated rings. The van der Waals surface area contributed by atoms with Gasteiger partial charge in [0.05, 0.1) is 6.20 Å². The molecule has 8 heteroatoms. The molecule has 0 spiro atoms. The fraction of sp³-hybridized carbons (Fsp3) is 0.375. The molecule has 1 aromatic heterocycles. The molecule has 0 saturated heterocycles. The highest BCUT2D eigenvalue weighted by Crippen LogP contribution is 2.35. The Morgan fingerprint density at radius 2 is 2.00 bits per heavy atom. The van der Waals surface area contributed by atoms with Crippen molar-refractivity contribution >= 4 is 23.4 Å². The van der Waals surface area contributed by atoms with Crippen LogP contribution in [0.25, 0.3) is 0 Å². The maximum absolute atomic E-state index is 13.9. The van der Waals surface area contributed by atoms with E-state index in [0.29, 0.717) is 12.8 Å². The van der Waals surface area contributed by atoms with Crippen molar-refractivity contribution in [1.82, 2.24) is 9.97 Å². The molecule has 0 amide bonds. The molecule has 1 aromatic carbocycles. The Morgan fingerprint density at radius 3 is 2.71 bits per heavy atom. The number of rotatable bonds is 4. The number of hydrogen-bond acceptors (Lipinski definition) is 6. The lowest BCUT2D eigenvalue weighted by molar-refractivity contribution is 0.0311. The number of nitrogen functional groups attached to an aromatic ring is 1. The van der Waals surface area contributed by atoms with Gasteiger partial charge in [0, 0.05) is 5.02 Å². The van der Waals surface area contributed by atoms with Crippen LogP contribution in [-0.2, 0) is 0 Å². The lowest BCUT2D eigenvalue weighted by Gasteiger charge is -2.33. The Hall–Kier alpha value is -2.12. The standard InChI is InChI=1S/C16H18ClFN4O2/c17-10-4-5-12(11(18)8-10)24-13-9-20-15(19)21-14(13)22-16(23)6-2-1-3-7-16/h4-5,8-9,23H,1-3,6-7H2,(H3,19,20,21,22). The average molecular weight is 353 g/mol. The number of hydrogen-bond donors (Lipinski definition) is 3.